The van der Waals surface area contributed by atoms with Gasteiger partial charge >= 0.3 is 0 Å². The van der Waals surface area contributed by atoms with Gasteiger partial charge in [-0.1, -0.05) is 0 Å². The summed E-state index contributed by atoms with van der Waals surface area (Å²) in [5.41, 5.74) is 0. The Morgan fingerprint density at radius 2 is 2.00 bits per heavy atom. The second-order valence-electron chi connectivity index (χ2n) is 3.47. The molecule has 1 aromatic rings. The molecular formula is C9H14N2O. The van der Waals surface area contributed by atoms with E-state index in [2.05, 4.69) is 9.55 Å². The van der Waals surface area contributed by atoms with Gasteiger partial charge in [-0.25, -0.2) is 4.98 Å². The molecule has 0 saturated heterocycles. The van der Waals surface area contributed by atoms with Crippen LogP contribution >= 0.6 is 0 Å². The van der Waals surface area contributed by atoms with Crippen LogP contribution in [0, 0.1) is 0 Å². The normalized spacial score (nSPS) is 30.4. The molecule has 0 spiro atoms. The van der Waals surface area contributed by atoms with Crippen LogP contribution < -0.4 is 0 Å². The zero-order chi connectivity index (χ0) is 8.39. The molecule has 1 saturated carbocycles. The smallest absolute Gasteiger partial charge is 0.0948 e. The number of aliphatic hydroxyl groups excluding tert-OH is 1. The van der Waals surface area contributed by atoms with E-state index in [1.165, 1.54) is 0 Å². The average molecular weight is 166 g/mol. The highest BCUT2D eigenvalue weighted by atomic mass is 16.3. The van der Waals surface area contributed by atoms with Gasteiger partial charge in [0.2, 0.25) is 0 Å². The van der Waals surface area contributed by atoms with Crippen molar-refractivity contribution in [2.75, 3.05) is 0 Å². The van der Waals surface area contributed by atoms with Gasteiger partial charge in [0.05, 0.1) is 12.4 Å². The van der Waals surface area contributed by atoms with E-state index in [0.29, 0.717) is 6.04 Å². The van der Waals surface area contributed by atoms with Crippen molar-refractivity contribution in [2.45, 2.75) is 37.8 Å². The Morgan fingerprint density at radius 1 is 1.25 bits per heavy atom. The quantitative estimate of drug-likeness (QED) is 0.684. The number of aromatic nitrogens is 2. The van der Waals surface area contributed by atoms with E-state index in [9.17, 15) is 5.11 Å². The summed E-state index contributed by atoms with van der Waals surface area (Å²) < 4.78 is 2.14. The van der Waals surface area contributed by atoms with Crippen molar-refractivity contribution in [1.29, 1.82) is 0 Å². The van der Waals surface area contributed by atoms with Crippen molar-refractivity contribution in [3.63, 3.8) is 0 Å². The molecule has 0 amide bonds. The molecule has 0 atom stereocenters. The molecule has 0 unspecified atom stereocenters. The third kappa shape index (κ3) is 1.50. The first-order valence-electron chi connectivity index (χ1n) is 4.52. The van der Waals surface area contributed by atoms with Crippen LogP contribution in [0.25, 0.3) is 0 Å². The van der Waals surface area contributed by atoms with Crippen molar-refractivity contribution in [3.05, 3.63) is 18.7 Å². The summed E-state index contributed by atoms with van der Waals surface area (Å²) in [7, 11) is 0. The lowest BCUT2D eigenvalue weighted by Crippen LogP contribution is -2.20. The Balaban J connectivity index is 1.99. The Hall–Kier alpha value is -0.830. The second kappa shape index (κ2) is 3.27. The standard InChI is InChI=1S/C9H14N2O/c12-9-3-1-8(2-4-9)11-6-5-10-7-11/h5-9,12H,1-4H2. The maximum absolute atomic E-state index is 9.30. The molecule has 66 valence electrons. The zero-order valence-electron chi connectivity index (χ0n) is 7.06. The summed E-state index contributed by atoms with van der Waals surface area (Å²) in [6.07, 6.45) is 9.64. The third-order valence-electron chi connectivity index (χ3n) is 2.61. The third-order valence-corrected chi connectivity index (χ3v) is 2.61. The number of hydrogen-bond acceptors (Lipinski definition) is 2. The predicted molar refractivity (Wildman–Crippen MR) is 45.7 cm³/mol. The predicted octanol–water partition coefficient (Wildman–Crippen LogP) is 1.36. The Morgan fingerprint density at radius 3 is 2.58 bits per heavy atom. The fourth-order valence-corrected chi connectivity index (χ4v) is 1.84. The highest BCUT2D eigenvalue weighted by Gasteiger charge is 2.19. The van der Waals surface area contributed by atoms with E-state index in [0.717, 1.165) is 25.7 Å². The van der Waals surface area contributed by atoms with Crippen LogP contribution in [0.3, 0.4) is 0 Å². The van der Waals surface area contributed by atoms with Gasteiger partial charge in [-0.2, -0.15) is 0 Å². The van der Waals surface area contributed by atoms with E-state index in [4.69, 9.17) is 0 Å². The molecule has 1 heterocycles. The fourth-order valence-electron chi connectivity index (χ4n) is 1.84. The highest BCUT2D eigenvalue weighted by molar-refractivity contribution is 4.83. The van der Waals surface area contributed by atoms with Gasteiger partial charge in [0.25, 0.3) is 0 Å². The zero-order valence-corrected chi connectivity index (χ0v) is 7.06. The molecule has 1 aliphatic carbocycles. The van der Waals surface area contributed by atoms with Crippen LogP contribution in [0.15, 0.2) is 18.7 Å². The molecule has 0 bridgehead atoms. The molecule has 3 heteroatoms. The summed E-state index contributed by atoms with van der Waals surface area (Å²) >= 11 is 0. The summed E-state index contributed by atoms with van der Waals surface area (Å²) in [4.78, 5) is 4.02. The summed E-state index contributed by atoms with van der Waals surface area (Å²) in [5.74, 6) is 0. The molecular weight excluding hydrogens is 152 g/mol. The molecule has 3 nitrogen and oxygen atoms in total. The maximum atomic E-state index is 9.30. The van der Waals surface area contributed by atoms with Crippen molar-refractivity contribution >= 4 is 0 Å². The minimum Gasteiger partial charge on any atom is -0.393 e. The lowest BCUT2D eigenvalue weighted by molar-refractivity contribution is 0.110. The van der Waals surface area contributed by atoms with Crippen LogP contribution in [0.5, 0.6) is 0 Å². The van der Waals surface area contributed by atoms with E-state index in [1.54, 1.807) is 0 Å². The summed E-state index contributed by atoms with van der Waals surface area (Å²) in [6, 6.07) is 0.566. The van der Waals surface area contributed by atoms with Crippen LogP contribution in [0.1, 0.15) is 31.7 Å². The molecule has 2 rings (SSSR count). The Labute approximate surface area is 72.0 Å². The lowest BCUT2D eigenvalue weighted by atomic mass is 9.93. The topological polar surface area (TPSA) is 38.0 Å². The number of nitrogens with zero attached hydrogens (tertiary/aromatic N) is 2. The van der Waals surface area contributed by atoms with Crippen LogP contribution in [0.2, 0.25) is 0 Å². The number of hydrogen-bond donors (Lipinski definition) is 1. The Kier molecular flexibility index (Phi) is 2.13. The molecule has 12 heavy (non-hydrogen) atoms. The summed E-state index contributed by atoms with van der Waals surface area (Å²) in [5, 5.41) is 9.30. The minimum atomic E-state index is -0.0650. The Bertz CT molecular complexity index is 225. The number of imidazole rings is 1. The SMILES string of the molecule is OC1CCC(n2ccnc2)CC1. The average Bonchev–Trinajstić information content (AvgIpc) is 2.58. The van der Waals surface area contributed by atoms with E-state index in [-0.39, 0.29) is 6.10 Å². The highest BCUT2D eigenvalue weighted by Crippen LogP contribution is 2.27. The molecule has 1 aromatic heterocycles. The number of aliphatic hydroxyl groups is 1. The fraction of sp³-hybridized carbons (Fsp3) is 0.667. The first kappa shape index (κ1) is 7.80. The molecule has 1 N–H and O–H groups in total. The van der Waals surface area contributed by atoms with Gasteiger partial charge in [-0.05, 0) is 25.7 Å². The van der Waals surface area contributed by atoms with E-state index < -0.39 is 0 Å². The van der Waals surface area contributed by atoms with Crippen molar-refractivity contribution in [1.82, 2.24) is 9.55 Å². The van der Waals surface area contributed by atoms with Crippen molar-refractivity contribution in [2.24, 2.45) is 0 Å². The largest absolute Gasteiger partial charge is 0.393 e. The van der Waals surface area contributed by atoms with Crippen LogP contribution in [0.4, 0.5) is 0 Å². The first-order chi connectivity index (χ1) is 5.86. The van der Waals surface area contributed by atoms with Gasteiger partial charge in [0.1, 0.15) is 0 Å². The minimum absolute atomic E-state index is 0.0650. The van der Waals surface area contributed by atoms with Crippen LogP contribution in [-0.2, 0) is 0 Å². The molecule has 1 fully saturated rings. The van der Waals surface area contributed by atoms with Gasteiger partial charge in [-0.3, -0.25) is 0 Å². The van der Waals surface area contributed by atoms with Gasteiger partial charge in [-0.15, -0.1) is 0 Å². The van der Waals surface area contributed by atoms with Crippen molar-refractivity contribution in [3.8, 4) is 0 Å². The monoisotopic (exact) mass is 166 g/mol. The van der Waals surface area contributed by atoms with Gasteiger partial charge in [0, 0.05) is 18.4 Å². The van der Waals surface area contributed by atoms with Gasteiger partial charge in [0.15, 0.2) is 0 Å². The van der Waals surface area contributed by atoms with E-state index >= 15 is 0 Å². The molecule has 0 aliphatic heterocycles. The molecule has 1 aliphatic rings. The molecule has 0 radical (unpaired) electrons. The van der Waals surface area contributed by atoms with Crippen LogP contribution in [-0.4, -0.2) is 20.8 Å². The lowest BCUT2D eigenvalue weighted by Gasteiger charge is -2.26. The summed E-state index contributed by atoms with van der Waals surface area (Å²) in [6.45, 7) is 0. The first-order valence-corrected chi connectivity index (χ1v) is 4.52. The number of rotatable bonds is 1. The van der Waals surface area contributed by atoms with Gasteiger partial charge < -0.3 is 9.67 Å². The second-order valence-corrected chi connectivity index (χ2v) is 3.47. The van der Waals surface area contributed by atoms with Crippen molar-refractivity contribution < 1.29 is 5.11 Å². The molecule has 0 aromatic carbocycles. The maximum Gasteiger partial charge on any atom is 0.0948 e. The van der Waals surface area contributed by atoms with E-state index in [1.807, 2.05) is 18.7 Å².